The predicted molar refractivity (Wildman–Crippen MR) is 93.1 cm³/mol. The van der Waals surface area contributed by atoms with Crippen molar-refractivity contribution < 1.29 is 24.6 Å². The highest BCUT2D eigenvalue weighted by atomic mass is 16.4. The number of carboxylic acids is 2. The van der Waals surface area contributed by atoms with Crippen LogP contribution in [0.5, 0.6) is 0 Å². The number of carbonyl (C=O) groups is 3. The topological polar surface area (TPSA) is 91.7 Å². The van der Waals surface area contributed by atoms with E-state index in [9.17, 15) is 24.6 Å². The van der Waals surface area contributed by atoms with Crippen molar-refractivity contribution in [3.8, 4) is 0 Å². The molecule has 2 aromatic carbocycles. The molecular formula is C20H18O5. The molecular weight excluding hydrogens is 320 g/mol. The van der Waals surface area contributed by atoms with E-state index >= 15 is 0 Å². The summed E-state index contributed by atoms with van der Waals surface area (Å²) in [6, 6.07) is 16.9. The average Bonchev–Trinajstić information content (AvgIpc) is 2.61. The van der Waals surface area contributed by atoms with Crippen LogP contribution >= 0.6 is 0 Å². The first kappa shape index (κ1) is 18.1. The predicted octanol–water partition coefficient (Wildman–Crippen LogP) is 3.37. The van der Waals surface area contributed by atoms with Crippen LogP contribution in [-0.2, 0) is 14.4 Å². The number of rotatable bonds is 7. The van der Waals surface area contributed by atoms with Gasteiger partial charge in [-0.25, -0.2) is 9.59 Å². The Hall–Kier alpha value is -3.21. The molecule has 5 heteroatoms. The Labute approximate surface area is 145 Å². The molecule has 1 unspecified atom stereocenters. The number of aliphatic carboxylic acids is 2. The van der Waals surface area contributed by atoms with E-state index in [4.69, 9.17) is 0 Å². The van der Waals surface area contributed by atoms with Gasteiger partial charge in [0.15, 0.2) is 0 Å². The fourth-order valence-corrected chi connectivity index (χ4v) is 2.56. The average molecular weight is 338 g/mol. The van der Waals surface area contributed by atoms with Crippen molar-refractivity contribution in [3.63, 3.8) is 0 Å². The number of carbonyl (C=O) groups excluding carboxylic acids is 1. The summed E-state index contributed by atoms with van der Waals surface area (Å²) < 4.78 is 0. The molecule has 0 fully saturated rings. The van der Waals surface area contributed by atoms with Gasteiger partial charge in [0.1, 0.15) is 5.78 Å². The summed E-state index contributed by atoms with van der Waals surface area (Å²) in [5.41, 5.74) is 0.245. The van der Waals surface area contributed by atoms with Crippen LogP contribution in [0.3, 0.4) is 0 Å². The van der Waals surface area contributed by atoms with Gasteiger partial charge in [0.2, 0.25) is 0 Å². The van der Waals surface area contributed by atoms with Gasteiger partial charge < -0.3 is 10.2 Å². The van der Waals surface area contributed by atoms with E-state index in [2.05, 4.69) is 0 Å². The second-order valence-corrected chi connectivity index (χ2v) is 5.61. The van der Waals surface area contributed by atoms with E-state index in [0.29, 0.717) is 0 Å². The van der Waals surface area contributed by atoms with Gasteiger partial charge in [-0.15, -0.1) is 0 Å². The van der Waals surface area contributed by atoms with Crippen LogP contribution in [0, 0.1) is 0 Å². The maximum atomic E-state index is 12.5. The largest absolute Gasteiger partial charge is 0.478 e. The molecule has 0 radical (unpaired) electrons. The van der Waals surface area contributed by atoms with E-state index < -0.39 is 29.9 Å². The molecule has 0 amide bonds. The molecule has 5 nitrogen and oxygen atoms in total. The number of carboxylic acid groups (broad SMARTS) is 2. The highest BCUT2D eigenvalue weighted by Crippen LogP contribution is 2.25. The normalized spacial score (nSPS) is 12.8. The third kappa shape index (κ3) is 4.41. The van der Waals surface area contributed by atoms with Crippen LogP contribution in [-0.4, -0.2) is 27.9 Å². The van der Waals surface area contributed by atoms with Crippen LogP contribution in [0.1, 0.15) is 30.4 Å². The third-order valence-corrected chi connectivity index (χ3v) is 3.97. The summed E-state index contributed by atoms with van der Waals surface area (Å²) in [5, 5.41) is 19.0. The molecule has 0 aliphatic heterocycles. The van der Waals surface area contributed by atoms with Crippen molar-refractivity contribution in [2.75, 3.05) is 0 Å². The highest BCUT2D eigenvalue weighted by Gasteiger charge is 2.26. The number of ketones is 1. The lowest BCUT2D eigenvalue weighted by atomic mass is 9.89. The number of hydrogen-bond acceptors (Lipinski definition) is 3. The van der Waals surface area contributed by atoms with Crippen LogP contribution < -0.4 is 0 Å². The van der Waals surface area contributed by atoms with Crippen molar-refractivity contribution >= 4 is 23.3 Å². The molecule has 0 saturated heterocycles. The van der Waals surface area contributed by atoms with Crippen molar-refractivity contribution in [2.45, 2.75) is 19.3 Å². The van der Waals surface area contributed by atoms with Crippen LogP contribution in [0.4, 0.5) is 0 Å². The van der Waals surface area contributed by atoms with Crippen molar-refractivity contribution in [1.29, 1.82) is 0 Å². The zero-order valence-electron chi connectivity index (χ0n) is 13.7. The van der Waals surface area contributed by atoms with Gasteiger partial charge in [0.25, 0.3) is 0 Å². The van der Waals surface area contributed by atoms with Crippen molar-refractivity contribution in [1.82, 2.24) is 0 Å². The molecule has 0 bridgehead atoms. The van der Waals surface area contributed by atoms with E-state index in [0.717, 1.165) is 5.56 Å². The standard InChI is InChI=1S/C20H18O5/c1-13(14-8-4-2-5-9-14)17(21)12-16(19(22)23)18(20(24)25)15-10-6-3-7-11-15/h2-11,13H,12H2,1H3,(H,22,23)(H,24,25). The molecule has 0 spiro atoms. The van der Waals surface area contributed by atoms with Crippen LogP contribution in [0.2, 0.25) is 0 Å². The zero-order valence-corrected chi connectivity index (χ0v) is 13.7. The maximum Gasteiger partial charge on any atom is 0.336 e. The lowest BCUT2D eigenvalue weighted by Crippen LogP contribution is -2.17. The Morgan fingerprint density at radius 1 is 0.840 bits per heavy atom. The SMILES string of the molecule is CC(C(=O)CC(C(=O)O)=C(C(=O)O)c1ccccc1)c1ccccc1. The summed E-state index contributed by atoms with van der Waals surface area (Å²) in [6.07, 6.45) is -0.456. The van der Waals surface area contributed by atoms with Gasteiger partial charge >= 0.3 is 11.9 Å². The quantitative estimate of drug-likeness (QED) is 0.755. The van der Waals surface area contributed by atoms with E-state index in [1.54, 1.807) is 49.4 Å². The number of hydrogen-bond donors (Lipinski definition) is 2. The first-order chi connectivity index (χ1) is 11.9. The van der Waals surface area contributed by atoms with E-state index in [-0.39, 0.29) is 16.9 Å². The molecule has 2 rings (SSSR count). The van der Waals surface area contributed by atoms with Gasteiger partial charge in [-0.05, 0) is 11.1 Å². The molecule has 128 valence electrons. The number of benzene rings is 2. The summed E-state index contributed by atoms with van der Waals surface area (Å²) in [4.78, 5) is 35.8. The van der Waals surface area contributed by atoms with Gasteiger partial charge in [0, 0.05) is 12.3 Å². The van der Waals surface area contributed by atoms with Crippen molar-refractivity contribution in [2.24, 2.45) is 0 Å². The van der Waals surface area contributed by atoms with Gasteiger partial charge in [-0.1, -0.05) is 67.6 Å². The summed E-state index contributed by atoms with van der Waals surface area (Å²) in [6.45, 7) is 1.68. The number of Topliss-reactive ketones (excluding diaryl/α,β-unsaturated/α-hetero) is 1. The minimum absolute atomic E-state index is 0.257. The van der Waals surface area contributed by atoms with Gasteiger partial charge in [-0.3, -0.25) is 4.79 Å². The van der Waals surface area contributed by atoms with Gasteiger partial charge in [-0.2, -0.15) is 0 Å². The summed E-state index contributed by atoms with van der Waals surface area (Å²) in [5.74, 6) is -3.65. The second-order valence-electron chi connectivity index (χ2n) is 5.61. The monoisotopic (exact) mass is 338 g/mol. The first-order valence-electron chi connectivity index (χ1n) is 7.74. The molecule has 25 heavy (non-hydrogen) atoms. The minimum atomic E-state index is -1.41. The van der Waals surface area contributed by atoms with Gasteiger partial charge in [0.05, 0.1) is 11.1 Å². The molecule has 2 N–H and O–H groups in total. The zero-order chi connectivity index (χ0) is 18.4. The maximum absolute atomic E-state index is 12.5. The Morgan fingerprint density at radius 3 is 1.84 bits per heavy atom. The second kappa shape index (κ2) is 8.06. The first-order valence-corrected chi connectivity index (χ1v) is 7.74. The minimum Gasteiger partial charge on any atom is -0.478 e. The van der Waals surface area contributed by atoms with Crippen LogP contribution in [0.15, 0.2) is 66.2 Å². The Kier molecular flexibility index (Phi) is 5.84. The van der Waals surface area contributed by atoms with E-state index in [1.165, 1.54) is 12.1 Å². The Morgan fingerprint density at radius 2 is 1.36 bits per heavy atom. The molecule has 0 aliphatic rings. The molecule has 2 aromatic rings. The van der Waals surface area contributed by atoms with Crippen LogP contribution in [0.25, 0.3) is 5.57 Å². The van der Waals surface area contributed by atoms with E-state index in [1.807, 2.05) is 6.07 Å². The smallest absolute Gasteiger partial charge is 0.336 e. The van der Waals surface area contributed by atoms with Crippen molar-refractivity contribution in [3.05, 3.63) is 77.4 Å². The molecule has 0 aliphatic carbocycles. The fraction of sp³-hybridized carbons (Fsp3) is 0.150. The lowest BCUT2D eigenvalue weighted by Gasteiger charge is -2.13. The molecule has 0 aromatic heterocycles. The fourth-order valence-electron chi connectivity index (χ4n) is 2.56. The molecule has 0 heterocycles. The summed E-state index contributed by atoms with van der Waals surface area (Å²) in [7, 11) is 0. The lowest BCUT2D eigenvalue weighted by molar-refractivity contribution is -0.135. The Bertz CT molecular complexity index is 806. The molecule has 1 atom stereocenters. The third-order valence-electron chi connectivity index (χ3n) is 3.97. The highest BCUT2D eigenvalue weighted by molar-refractivity contribution is 6.23. The summed E-state index contributed by atoms with van der Waals surface area (Å²) >= 11 is 0. The molecule has 0 saturated carbocycles. The Balaban J connectivity index is 2.41.